The number of fused-ring (bicyclic) bond motifs is 1. The van der Waals surface area contributed by atoms with Crippen LogP contribution in [0.2, 0.25) is 0 Å². The molecule has 2 aromatic rings. The van der Waals surface area contributed by atoms with Crippen molar-refractivity contribution in [1.82, 2.24) is 4.98 Å². The van der Waals surface area contributed by atoms with Crippen molar-refractivity contribution in [2.24, 2.45) is 0 Å². The molecule has 1 aliphatic rings. The quantitative estimate of drug-likeness (QED) is 0.647. The molecule has 1 aromatic carbocycles. The minimum atomic E-state index is -0.147. The molecule has 0 spiro atoms. The van der Waals surface area contributed by atoms with Gasteiger partial charge in [-0.25, -0.2) is 0 Å². The van der Waals surface area contributed by atoms with Crippen molar-refractivity contribution in [3.8, 4) is 18.1 Å². The van der Waals surface area contributed by atoms with Crippen LogP contribution < -0.4 is 10.1 Å². The van der Waals surface area contributed by atoms with Gasteiger partial charge in [-0.1, -0.05) is 5.92 Å². The Hall–Kier alpha value is -2.93. The number of ether oxygens (including phenoxy) is 1. The minimum absolute atomic E-state index is 0.147. The molecule has 0 fully saturated rings. The van der Waals surface area contributed by atoms with Crippen LogP contribution in [-0.4, -0.2) is 18.0 Å². The van der Waals surface area contributed by atoms with Gasteiger partial charge in [0.1, 0.15) is 5.75 Å². The first-order valence-corrected chi connectivity index (χ1v) is 6.08. The number of nitrogens with one attached hydrogen (secondary N) is 2. The zero-order chi connectivity index (χ0) is 14.1. The van der Waals surface area contributed by atoms with E-state index in [0.717, 1.165) is 22.5 Å². The van der Waals surface area contributed by atoms with Gasteiger partial charge in [-0.2, -0.15) is 0 Å². The highest BCUT2D eigenvalue weighted by molar-refractivity contribution is 6.35. The molecule has 0 bridgehead atoms. The molecule has 98 valence electrons. The van der Waals surface area contributed by atoms with E-state index in [-0.39, 0.29) is 5.91 Å². The van der Waals surface area contributed by atoms with Crippen LogP contribution >= 0.6 is 0 Å². The maximum atomic E-state index is 12.1. The maximum absolute atomic E-state index is 12.1. The van der Waals surface area contributed by atoms with Gasteiger partial charge in [0.25, 0.3) is 5.91 Å². The second kappa shape index (κ2) is 4.63. The van der Waals surface area contributed by atoms with E-state index in [1.165, 1.54) is 0 Å². The van der Waals surface area contributed by atoms with Crippen molar-refractivity contribution in [1.29, 1.82) is 0 Å². The lowest BCUT2D eigenvalue weighted by Gasteiger charge is -2.01. The van der Waals surface area contributed by atoms with Crippen LogP contribution in [0.3, 0.4) is 0 Å². The third-order valence-corrected chi connectivity index (χ3v) is 3.22. The average Bonchev–Trinajstić information content (AvgIpc) is 3.03. The molecule has 1 aliphatic heterocycles. The lowest BCUT2D eigenvalue weighted by Crippen LogP contribution is -2.03. The Kier molecular flexibility index (Phi) is 2.81. The van der Waals surface area contributed by atoms with Gasteiger partial charge in [0.2, 0.25) is 0 Å². The van der Waals surface area contributed by atoms with Crippen LogP contribution in [0.15, 0.2) is 30.5 Å². The van der Waals surface area contributed by atoms with Crippen molar-refractivity contribution in [2.75, 3.05) is 12.4 Å². The standard InChI is InChI=1S/C16H12N2O2/c1-3-10-4-5-13-11(8-10)12(16(19)18-13)9-14-15(20-2)6-7-17-14/h1,4-9,17H,2H3,(H,18,19). The van der Waals surface area contributed by atoms with E-state index < -0.39 is 0 Å². The molecule has 2 N–H and O–H groups in total. The van der Waals surface area contributed by atoms with Crippen molar-refractivity contribution in [3.63, 3.8) is 0 Å². The summed E-state index contributed by atoms with van der Waals surface area (Å²) in [6.07, 6.45) is 8.93. The molecule has 4 nitrogen and oxygen atoms in total. The number of benzene rings is 1. The first-order valence-electron chi connectivity index (χ1n) is 6.08. The summed E-state index contributed by atoms with van der Waals surface area (Å²) in [7, 11) is 1.59. The van der Waals surface area contributed by atoms with Crippen molar-refractivity contribution < 1.29 is 9.53 Å². The molecular weight excluding hydrogens is 252 g/mol. The number of H-pyrrole nitrogens is 1. The molecule has 4 heteroatoms. The minimum Gasteiger partial charge on any atom is -0.495 e. The Morgan fingerprint density at radius 1 is 1.35 bits per heavy atom. The maximum Gasteiger partial charge on any atom is 0.256 e. The summed E-state index contributed by atoms with van der Waals surface area (Å²) in [5.74, 6) is 3.11. The monoisotopic (exact) mass is 264 g/mol. The summed E-state index contributed by atoms with van der Waals surface area (Å²) in [5.41, 5.74) is 3.63. The van der Waals surface area contributed by atoms with Gasteiger partial charge < -0.3 is 15.0 Å². The van der Waals surface area contributed by atoms with Gasteiger partial charge in [0.15, 0.2) is 0 Å². The number of methoxy groups -OCH3 is 1. The zero-order valence-electron chi connectivity index (χ0n) is 10.9. The summed E-state index contributed by atoms with van der Waals surface area (Å²) in [5, 5.41) is 2.82. The number of carbonyl (C=O) groups excluding carboxylic acids is 1. The summed E-state index contributed by atoms with van der Waals surface area (Å²) in [4.78, 5) is 15.1. The van der Waals surface area contributed by atoms with E-state index in [1.807, 2.05) is 12.1 Å². The van der Waals surface area contributed by atoms with Gasteiger partial charge in [-0.15, -0.1) is 6.42 Å². The van der Waals surface area contributed by atoms with Crippen LogP contribution in [0.4, 0.5) is 5.69 Å². The largest absolute Gasteiger partial charge is 0.495 e. The Balaban J connectivity index is 2.12. The van der Waals surface area contributed by atoms with Crippen LogP contribution in [-0.2, 0) is 4.79 Å². The van der Waals surface area contributed by atoms with E-state index >= 15 is 0 Å². The molecule has 1 amide bonds. The normalized spacial score (nSPS) is 14.8. The fourth-order valence-electron chi connectivity index (χ4n) is 2.22. The highest BCUT2D eigenvalue weighted by atomic mass is 16.5. The molecule has 0 saturated heterocycles. The smallest absolute Gasteiger partial charge is 0.256 e. The molecule has 2 heterocycles. The molecule has 1 aromatic heterocycles. The van der Waals surface area contributed by atoms with Gasteiger partial charge >= 0.3 is 0 Å². The van der Waals surface area contributed by atoms with E-state index in [2.05, 4.69) is 16.2 Å². The van der Waals surface area contributed by atoms with E-state index in [4.69, 9.17) is 11.2 Å². The highest BCUT2D eigenvalue weighted by Gasteiger charge is 2.24. The first-order chi connectivity index (χ1) is 9.72. The Bertz CT molecular complexity index is 763. The summed E-state index contributed by atoms with van der Waals surface area (Å²) in [6.45, 7) is 0. The molecule has 0 unspecified atom stereocenters. The van der Waals surface area contributed by atoms with E-state index in [1.54, 1.807) is 31.5 Å². The predicted molar refractivity (Wildman–Crippen MR) is 78.2 cm³/mol. The SMILES string of the molecule is C#Cc1ccc2c(c1)C(=Cc1[nH]ccc1OC)C(=O)N2. The second-order valence-corrected chi connectivity index (χ2v) is 4.38. The topological polar surface area (TPSA) is 54.1 Å². The lowest BCUT2D eigenvalue weighted by molar-refractivity contribution is -0.110. The van der Waals surface area contributed by atoms with Gasteiger partial charge in [-0.05, 0) is 30.3 Å². The third-order valence-electron chi connectivity index (χ3n) is 3.22. The zero-order valence-corrected chi connectivity index (χ0v) is 10.9. The summed E-state index contributed by atoms with van der Waals surface area (Å²) < 4.78 is 5.22. The second-order valence-electron chi connectivity index (χ2n) is 4.38. The molecule has 3 rings (SSSR count). The van der Waals surface area contributed by atoms with Gasteiger partial charge in [0.05, 0.1) is 18.4 Å². The number of hydrogen-bond acceptors (Lipinski definition) is 2. The number of carbonyl (C=O) groups is 1. The molecule has 0 saturated carbocycles. The van der Waals surface area contributed by atoms with Crippen LogP contribution in [0.25, 0.3) is 11.6 Å². The number of rotatable bonds is 2. The number of anilines is 1. The number of hydrogen-bond donors (Lipinski definition) is 2. The van der Waals surface area contributed by atoms with Crippen molar-refractivity contribution in [2.45, 2.75) is 0 Å². The lowest BCUT2D eigenvalue weighted by atomic mass is 10.0. The van der Waals surface area contributed by atoms with E-state index in [9.17, 15) is 4.79 Å². The van der Waals surface area contributed by atoms with Gasteiger partial charge in [0, 0.05) is 23.0 Å². The van der Waals surface area contributed by atoms with Crippen LogP contribution in [0, 0.1) is 12.3 Å². The molecule has 0 radical (unpaired) electrons. The Morgan fingerprint density at radius 3 is 2.95 bits per heavy atom. The molecule has 20 heavy (non-hydrogen) atoms. The van der Waals surface area contributed by atoms with Crippen molar-refractivity contribution in [3.05, 3.63) is 47.3 Å². The average molecular weight is 264 g/mol. The highest BCUT2D eigenvalue weighted by Crippen LogP contribution is 2.34. The molecular formula is C16H12N2O2. The number of amides is 1. The summed E-state index contributed by atoms with van der Waals surface area (Å²) >= 11 is 0. The first kappa shape index (κ1) is 12.1. The molecule has 0 aliphatic carbocycles. The predicted octanol–water partition coefficient (Wildman–Crippen LogP) is 2.50. The van der Waals surface area contributed by atoms with E-state index in [0.29, 0.717) is 11.3 Å². The van der Waals surface area contributed by atoms with Crippen LogP contribution in [0.1, 0.15) is 16.8 Å². The fourth-order valence-corrected chi connectivity index (χ4v) is 2.22. The summed E-state index contributed by atoms with van der Waals surface area (Å²) in [6, 6.07) is 7.25. The third kappa shape index (κ3) is 1.86. The number of aromatic nitrogens is 1. The van der Waals surface area contributed by atoms with Crippen molar-refractivity contribution >= 4 is 23.2 Å². The fraction of sp³-hybridized carbons (Fsp3) is 0.0625. The number of aromatic amines is 1. The number of terminal acetylenes is 1. The van der Waals surface area contributed by atoms with Gasteiger partial charge in [-0.3, -0.25) is 4.79 Å². The Labute approximate surface area is 116 Å². The Morgan fingerprint density at radius 2 is 2.20 bits per heavy atom. The molecule has 0 atom stereocenters. The van der Waals surface area contributed by atoms with Crippen LogP contribution in [0.5, 0.6) is 5.75 Å².